The highest BCUT2D eigenvalue weighted by Crippen LogP contribution is 2.07. The van der Waals surface area contributed by atoms with Crippen LogP contribution in [0, 0.1) is 0 Å². The Balaban J connectivity index is 2.49. The van der Waals surface area contributed by atoms with Gasteiger partial charge in [0.15, 0.2) is 5.78 Å². The van der Waals surface area contributed by atoms with Gasteiger partial charge in [-0.1, -0.05) is 6.08 Å². The van der Waals surface area contributed by atoms with Gasteiger partial charge in [0.1, 0.15) is 5.84 Å². The van der Waals surface area contributed by atoms with Crippen molar-refractivity contribution in [2.45, 2.75) is 19.8 Å². The fourth-order valence-corrected chi connectivity index (χ4v) is 1.32. The van der Waals surface area contributed by atoms with Crippen LogP contribution in [0.4, 0.5) is 0 Å². The Bertz CT molecular complexity index is 279. The van der Waals surface area contributed by atoms with E-state index in [2.05, 4.69) is 11.6 Å². The third-order valence-electron chi connectivity index (χ3n) is 2.03. The van der Waals surface area contributed by atoms with Crippen LogP contribution in [0.2, 0.25) is 0 Å². The summed E-state index contributed by atoms with van der Waals surface area (Å²) in [6, 6.07) is 0. The third-order valence-corrected chi connectivity index (χ3v) is 2.03. The molecular weight excluding hydrogens is 176 g/mol. The topological polar surface area (TPSA) is 32.7 Å². The Kier molecular flexibility index (Phi) is 4.11. The lowest BCUT2D eigenvalue weighted by atomic mass is 10.3. The highest BCUT2D eigenvalue weighted by Gasteiger charge is 2.12. The molecule has 0 fully saturated rings. The minimum Gasteiger partial charge on any atom is -0.335 e. The first-order valence-corrected chi connectivity index (χ1v) is 4.83. The number of allylic oxidation sites excluding steroid dienone is 2. The largest absolute Gasteiger partial charge is 0.335 e. The van der Waals surface area contributed by atoms with Crippen molar-refractivity contribution >= 4 is 11.6 Å². The number of rotatable bonds is 5. The molecule has 0 aromatic carbocycles. The van der Waals surface area contributed by atoms with Crippen LogP contribution in [0.15, 0.2) is 29.9 Å². The predicted molar refractivity (Wildman–Crippen MR) is 58.3 cm³/mol. The molecule has 0 N–H and O–H groups in total. The van der Waals surface area contributed by atoms with Gasteiger partial charge in [0.25, 0.3) is 0 Å². The number of hydrogen-bond acceptors (Lipinski definition) is 3. The standard InChI is InChI=1S/C11H16N2O/c1-3-4-5-11-12-7-9-13(11)8-6-10(2)14/h3,6,8H,1,4-5,7,9H2,2H3/b8-6+. The smallest absolute Gasteiger partial charge is 0.154 e. The average molecular weight is 192 g/mol. The highest BCUT2D eigenvalue weighted by atomic mass is 16.1. The molecule has 0 unspecified atom stereocenters. The Morgan fingerprint density at radius 3 is 3.14 bits per heavy atom. The van der Waals surface area contributed by atoms with Gasteiger partial charge in [-0.15, -0.1) is 6.58 Å². The van der Waals surface area contributed by atoms with E-state index in [1.165, 1.54) is 0 Å². The van der Waals surface area contributed by atoms with Crippen molar-refractivity contribution in [3.8, 4) is 0 Å². The van der Waals surface area contributed by atoms with Gasteiger partial charge in [0.05, 0.1) is 6.54 Å². The molecule has 0 saturated heterocycles. The summed E-state index contributed by atoms with van der Waals surface area (Å²) in [7, 11) is 0. The molecule has 1 heterocycles. The molecule has 76 valence electrons. The molecule has 0 atom stereocenters. The van der Waals surface area contributed by atoms with Crippen molar-refractivity contribution in [3.63, 3.8) is 0 Å². The van der Waals surface area contributed by atoms with Crippen LogP contribution >= 0.6 is 0 Å². The van der Waals surface area contributed by atoms with Crippen molar-refractivity contribution < 1.29 is 4.79 Å². The molecule has 14 heavy (non-hydrogen) atoms. The van der Waals surface area contributed by atoms with Gasteiger partial charge in [0, 0.05) is 19.2 Å². The predicted octanol–water partition coefficient (Wildman–Crippen LogP) is 1.77. The third kappa shape index (κ3) is 3.17. The van der Waals surface area contributed by atoms with Crippen LogP contribution in [0.3, 0.4) is 0 Å². The van der Waals surface area contributed by atoms with Crippen molar-refractivity contribution in [2.24, 2.45) is 4.99 Å². The lowest BCUT2D eigenvalue weighted by Crippen LogP contribution is -2.21. The molecule has 1 aliphatic heterocycles. The van der Waals surface area contributed by atoms with Crippen molar-refractivity contribution in [3.05, 3.63) is 24.9 Å². The van der Waals surface area contributed by atoms with Crippen molar-refractivity contribution in [2.75, 3.05) is 13.1 Å². The fourth-order valence-electron chi connectivity index (χ4n) is 1.32. The molecule has 0 aliphatic carbocycles. The summed E-state index contributed by atoms with van der Waals surface area (Å²) < 4.78 is 0. The highest BCUT2D eigenvalue weighted by molar-refractivity contribution is 5.89. The molecule has 0 saturated carbocycles. The van der Waals surface area contributed by atoms with E-state index in [0.29, 0.717) is 0 Å². The summed E-state index contributed by atoms with van der Waals surface area (Å²) in [5.74, 6) is 1.13. The first-order chi connectivity index (χ1) is 6.74. The number of amidine groups is 1. The minimum absolute atomic E-state index is 0.0694. The first-order valence-electron chi connectivity index (χ1n) is 4.83. The van der Waals surface area contributed by atoms with Gasteiger partial charge < -0.3 is 4.90 Å². The molecule has 1 rings (SSSR count). The number of carbonyl (C=O) groups is 1. The van der Waals surface area contributed by atoms with E-state index >= 15 is 0 Å². The molecular formula is C11H16N2O. The molecule has 0 aromatic rings. The van der Waals surface area contributed by atoms with E-state index in [0.717, 1.165) is 31.8 Å². The van der Waals surface area contributed by atoms with Gasteiger partial charge in [-0.3, -0.25) is 9.79 Å². The number of aliphatic imine (C=N–C) groups is 1. The Morgan fingerprint density at radius 1 is 1.71 bits per heavy atom. The van der Waals surface area contributed by atoms with E-state index in [4.69, 9.17) is 0 Å². The summed E-state index contributed by atoms with van der Waals surface area (Å²) in [5.41, 5.74) is 0. The molecule has 0 bridgehead atoms. The molecule has 3 heteroatoms. The second-order valence-electron chi connectivity index (χ2n) is 3.25. The van der Waals surface area contributed by atoms with E-state index in [1.807, 2.05) is 17.2 Å². The number of nitrogens with zero attached hydrogens (tertiary/aromatic N) is 2. The van der Waals surface area contributed by atoms with Crippen LogP contribution in [0.1, 0.15) is 19.8 Å². The molecule has 3 nitrogen and oxygen atoms in total. The van der Waals surface area contributed by atoms with Crippen LogP contribution < -0.4 is 0 Å². The van der Waals surface area contributed by atoms with Crippen LogP contribution in [0.25, 0.3) is 0 Å². The molecule has 1 aliphatic rings. The number of hydrogen-bond donors (Lipinski definition) is 0. The van der Waals surface area contributed by atoms with E-state index in [9.17, 15) is 4.79 Å². The molecule has 0 aromatic heterocycles. The number of ketones is 1. The summed E-state index contributed by atoms with van der Waals surface area (Å²) >= 11 is 0. The molecule has 0 amide bonds. The zero-order valence-electron chi connectivity index (χ0n) is 8.57. The monoisotopic (exact) mass is 192 g/mol. The van der Waals surface area contributed by atoms with E-state index in [-0.39, 0.29) is 5.78 Å². The maximum Gasteiger partial charge on any atom is 0.154 e. The first kappa shape index (κ1) is 10.7. The van der Waals surface area contributed by atoms with E-state index in [1.54, 1.807) is 13.0 Å². The summed E-state index contributed by atoms with van der Waals surface area (Å²) in [6.07, 6.45) is 7.12. The average Bonchev–Trinajstić information content (AvgIpc) is 2.58. The Labute approximate surface area is 84.8 Å². The minimum atomic E-state index is 0.0694. The molecule has 0 spiro atoms. The number of carbonyl (C=O) groups excluding carboxylic acids is 1. The maximum atomic E-state index is 10.8. The SMILES string of the molecule is C=CCCC1=NCCN1/C=C/C(C)=O. The van der Waals surface area contributed by atoms with Crippen molar-refractivity contribution in [1.82, 2.24) is 4.90 Å². The zero-order chi connectivity index (χ0) is 10.4. The Hall–Kier alpha value is -1.38. The lowest BCUT2D eigenvalue weighted by Gasteiger charge is -2.14. The quantitative estimate of drug-likeness (QED) is 0.491. The van der Waals surface area contributed by atoms with Gasteiger partial charge in [0.2, 0.25) is 0 Å². The van der Waals surface area contributed by atoms with Gasteiger partial charge in [-0.25, -0.2) is 0 Å². The van der Waals surface area contributed by atoms with Crippen molar-refractivity contribution in [1.29, 1.82) is 0 Å². The normalized spacial score (nSPS) is 16.1. The van der Waals surface area contributed by atoms with Crippen LogP contribution in [-0.4, -0.2) is 29.6 Å². The summed E-state index contributed by atoms with van der Waals surface area (Å²) in [5, 5.41) is 0. The summed E-state index contributed by atoms with van der Waals surface area (Å²) in [6.45, 7) is 6.94. The van der Waals surface area contributed by atoms with Crippen LogP contribution in [0.5, 0.6) is 0 Å². The molecule has 0 radical (unpaired) electrons. The van der Waals surface area contributed by atoms with Gasteiger partial charge in [-0.05, 0) is 19.4 Å². The second-order valence-corrected chi connectivity index (χ2v) is 3.25. The van der Waals surface area contributed by atoms with Crippen LogP contribution in [-0.2, 0) is 4.79 Å². The van der Waals surface area contributed by atoms with E-state index < -0.39 is 0 Å². The fraction of sp³-hybridized carbons (Fsp3) is 0.455. The van der Waals surface area contributed by atoms with Gasteiger partial charge in [-0.2, -0.15) is 0 Å². The van der Waals surface area contributed by atoms with Gasteiger partial charge >= 0.3 is 0 Å². The second kappa shape index (κ2) is 5.37. The summed E-state index contributed by atoms with van der Waals surface area (Å²) in [4.78, 5) is 17.1. The Morgan fingerprint density at radius 2 is 2.50 bits per heavy atom. The maximum absolute atomic E-state index is 10.8. The zero-order valence-corrected chi connectivity index (χ0v) is 8.57. The lowest BCUT2D eigenvalue weighted by molar-refractivity contribution is -0.112.